The first-order valence-corrected chi connectivity index (χ1v) is 12.6. The highest BCUT2D eigenvalue weighted by atomic mass is 28.3. The van der Waals surface area contributed by atoms with Gasteiger partial charge in [0.15, 0.2) is 0 Å². The van der Waals surface area contributed by atoms with Crippen LogP contribution in [0.5, 0.6) is 0 Å². The molecule has 1 atom stereocenters. The fourth-order valence-corrected chi connectivity index (χ4v) is 11.1. The van der Waals surface area contributed by atoms with Gasteiger partial charge in [-0.3, -0.25) is 30.3 Å². The predicted octanol–water partition coefficient (Wildman–Crippen LogP) is 4.61. The molecule has 0 bridgehead atoms. The summed E-state index contributed by atoms with van der Waals surface area (Å²) in [4.78, 5) is 43.5. The lowest BCUT2D eigenvalue weighted by Gasteiger charge is -2.44. The summed E-state index contributed by atoms with van der Waals surface area (Å²) >= 11 is 0. The van der Waals surface area contributed by atoms with Gasteiger partial charge in [0.1, 0.15) is 6.10 Å². The van der Waals surface area contributed by atoms with Crippen LogP contribution in [0.25, 0.3) is 0 Å². The summed E-state index contributed by atoms with van der Waals surface area (Å²) in [5.74, 6) is -1.38. The third kappa shape index (κ3) is 5.45. The number of hydrogen-bond acceptors (Lipinski definition) is 9. The predicted molar refractivity (Wildman–Crippen MR) is 119 cm³/mol. The van der Waals surface area contributed by atoms with Gasteiger partial charge in [-0.05, 0) is 6.04 Å². The van der Waals surface area contributed by atoms with Crippen molar-refractivity contribution in [3.8, 4) is 0 Å². The van der Waals surface area contributed by atoms with E-state index in [4.69, 9.17) is 4.74 Å². The van der Waals surface area contributed by atoms with Crippen LogP contribution in [0.1, 0.15) is 51.9 Å². The van der Waals surface area contributed by atoms with E-state index in [0.717, 1.165) is 0 Å². The summed E-state index contributed by atoms with van der Waals surface area (Å²) in [6, 6.07) is 1.32. The third-order valence-corrected chi connectivity index (χ3v) is 13.8. The van der Waals surface area contributed by atoms with Gasteiger partial charge in [-0.15, -0.1) is 0 Å². The van der Waals surface area contributed by atoms with E-state index in [1.54, 1.807) is 0 Å². The van der Waals surface area contributed by atoms with E-state index in [0.29, 0.717) is 18.2 Å². The molecule has 0 radical (unpaired) electrons. The zero-order valence-electron chi connectivity index (χ0n) is 18.9. The van der Waals surface area contributed by atoms with E-state index >= 15 is 0 Å². The number of hydrogen-bond donors (Lipinski definition) is 1. The van der Waals surface area contributed by atoms with E-state index in [-0.39, 0.29) is 16.6 Å². The minimum absolute atomic E-state index is 0.262. The molecule has 13 heteroatoms. The van der Waals surface area contributed by atoms with E-state index in [1.165, 1.54) is 0 Å². The molecule has 0 amide bonds. The van der Waals surface area contributed by atoms with Crippen LogP contribution >= 0.6 is 0 Å². The molecule has 1 N–H and O–H groups in total. The summed E-state index contributed by atoms with van der Waals surface area (Å²) in [5, 5.41) is 43.8. The van der Waals surface area contributed by atoms with Gasteiger partial charge in [0.2, 0.25) is 5.56 Å². The standard InChI is InChI=1S/C19H29N3O9Si/c1-11(2)32(12(3)4,13(5)6)10-15(9-23)31-19(24)18-16(21(27)28)7-14(20(25)26)8-17(18)22(29)30/h7-8,11-13,15,23H,9-10H2,1-6H3. The van der Waals surface area contributed by atoms with Gasteiger partial charge < -0.3 is 9.84 Å². The fraction of sp³-hybridized carbons (Fsp3) is 0.632. The number of nitrogens with zero attached hydrogens (tertiary/aromatic N) is 3. The van der Waals surface area contributed by atoms with Crippen molar-refractivity contribution in [1.29, 1.82) is 0 Å². The molecule has 0 saturated heterocycles. The van der Waals surface area contributed by atoms with Gasteiger partial charge in [0.25, 0.3) is 17.1 Å². The Hall–Kier alpha value is -2.93. The molecule has 32 heavy (non-hydrogen) atoms. The monoisotopic (exact) mass is 471 g/mol. The number of carbonyl (C=O) groups is 1. The van der Waals surface area contributed by atoms with Crippen molar-refractivity contribution in [1.82, 2.24) is 0 Å². The number of aliphatic hydroxyl groups excluding tert-OH is 1. The minimum atomic E-state index is -2.17. The quantitative estimate of drug-likeness (QED) is 0.209. The van der Waals surface area contributed by atoms with Crippen molar-refractivity contribution in [2.45, 2.75) is 70.3 Å². The zero-order valence-corrected chi connectivity index (χ0v) is 19.9. The average molecular weight is 472 g/mol. The van der Waals surface area contributed by atoms with Crippen molar-refractivity contribution < 1.29 is 29.4 Å². The molecule has 0 fully saturated rings. The molecule has 1 aromatic carbocycles. The Labute approximate surface area is 186 Å². The number of carbonyl (C=O) groups excluding carboxylic acids is 1. The number of nitro groups is 3. The molecule has 1 unspecified atom stereocenters. The number of benzene rings is 1. The summed E-state index contributed by atoms with van der Waals surface area (Å²) in [7, 11) is -2.17. The SMILES string of the molecule is CC(C)[Si](CC(CO)OC(=O)c1c([N+](=O)[O-])cc([N+](=O)[O-])cc1[N+](=O)[O-])(C(C)C)C(C)C. The van der Waals surface area contributed by atoms with Crippen LogP contribution in [0.3, 0.4) is 0 Å². The van der Waals surface area contributed by atoms with Crippen LogP contribution in [0.4, 0.5) is 17.1 Å². The molecular formula is C19H29N3O9Si. The molecule has 0 heterocycles. The maximum absolute atomic E-state index is 12.8. The van der Waals surface area contributed by atoms with Crippen LogP contribution in [0.2, 0.25) is 22.7 Å². The summed E-state index contributed by atoms with van der Waals surface area (Å²) in [5.41, 5.74) is -3.31. The van der Waals surface area contributed by atoms with Crippen LogP contribution < -0.4 is 0 Å². The van der Waals surface area contributed by atoms with Crippen LogP contribution in [0, 0.1) is 30.3 Å². The second-order valence-corrected chi connectivity index (χ2v) is 14.7. The molecule has 12 nitrogen and oxygen atoms in total. The normalized spacial score (nSPS) is 12.8. The van der Waals surface area contributed by atoms with Gasteiger partial charge in [0.05, 0.1) is 41.6 Å². The van der Waals surface area contributed by atoms with E-state index in [2.05, 4.69) is 41.5 Å². The molecule has 0 aliphatic carbocycles. The van der Waals surface area contributed by atoms with Gasteiger partial charge in [-0.1, -0.05) is 58.2 Å². The number of ether oxygens (including phenoxy) is 1. The lowest BCUT2D eigenvalue weighted by Crippen LogP contribution is -2.48. The van der Waals surface area contributed by atoms with E-state index in [1.807, 2.05) is 0 Å². The molecule has 178 valence electrons. The van der Waals surface area contributed by atoms with Crippen LogP contribution in [0.15, 0.2) is 12.1 Å². The summed E-state index contributed by atoms with van der Waals surface area (Å²) in [6.45, 7) is 11.8. The largest absolute Gasteiger partial charge is 0.456 e. The molecule has 1 aromatic rings. The Balaban J connectivity index is 3.50. The first-order chi connectivity index (χ1) is 14.7. The molecule has 0 aromatic heterocycles. The number of esters is 1. The molecule has 0 aliphatic rings. The molecule has 0 saturated carbocycles. The Bertz CT molecular complexity index is 845. The Morgan fingerprint density at radius 2 is 1.31 bits per heavy atom. The smallest absolute Gasteiger partial charge is 0.352 e. The minimum Gasteiger partial charge on any atom is -0.456 e. The van der Waals surface area contributed by atoms with Crippen molar-refractivity contribution in [2.75, 3.05) is 6.61 Å². The second-order valence-electron chi connectivity index (χ2n) is 8.62. The molecule has 0 spiro atoms. The summed E-state index contributed by atoms with van der Waals surface area (Å²) < 4.78 is 5.34. The van der Waals surface area contributed by atoms with Gasteiger partial charge in [0, 0.05) is 0 Å². The number of nitro benzene ring substituents is 3. The van der Waals surface area contributed by atoms with Gasteiger partial charge in [-0.2, -0.15) is 0 Å². The molecular weight excluding hydrogens is 442 g/mol. The number of rotatable bonds is 11. The van der Waals surface area contributed by atoms with E-state index < -0.39 is 64.1 Å². The van der Waals surface area contributed by atoms with E-state index in [9.17, 15) is 40.2 Å². The number of non-ortho nitro benzene ring substituents is 1. The average Bonchev–Trinajstić information content (AvgIpc) is 2.68. The van der Waals surface area contributed by atoms with Gasteiger partial charge in [-0.25, -0.2) is 4.79 Å². The zero-order chi connectivity index (χ0) is 25.0. The van der Waals surface area contributed by atoms with Crippen LogP contribution in [-0.4, -0.2) is 46.6 Å². The Morgan fingerprint density at radius 3 is 1.59 bits per heavy atom. The highest BCUT2D eigenvalue weighted by Crippen LogP contribution is 2.45. The fourth-order valence-electron chi connectivity index (χ4n) is 4.66. The molecule has 0 aliphatic heterocycles. The maximum atomic E-state index is 12.8. The van der Waals surface area contributed by atoms with Crippen molar-refractivity contribution in [3.05, 3.63) is 48.0 Å². The maximum Gasteiger partial charge on any atom is 0.352 e. The Morgan fingerprint density at radius 1 is 0.906 bits per heavy atom. The van der Waals surface area contributed by atoms with Gasteiger partial charge >= 0.3 is 5.97 Å². The van der Waals surface area contributed by atoms with Crippen LogP contribution in [-0.2, 0) is 4.74 Å². The summed E-state index contributed by atoms with van der Waals surface area (Å²) in [6.07, 6.45) is -1.03. The topological polar surface area (TPSA) is 176 Å². The highest BCUT2D eigenvalue weighted by molar-refractivity contribution is 6.83. The second kappa shape index (κ2) is 10.6. The molecule has 1 rings (SSSR count). The highest BCUT2D eigenvalue weighted by Gasteiger charge is 2.45. The lowest BCUT2D eigenvalue weighted by molar-refractivity contribution is -0.403. The third-order valence-electron chi connectivity index (χ3n) is 6.17. The van der Waals surface area contributed by atoms with Crippen molar-refractivity contribution >= 4 is 31.1 Å². The number of aliphatic hydroxyl groups is 1. The van der Waals surface area contributed by atoms with Crippen molar-refractivity contribution in [3.63, 3.8) is 0 Å². The lowest BCUT2D eigenvalue weighted by atomic mass is 10.1. The van der Waals surface area contributed by atoms with Crippen molar-refractivity contribution in [2.24, 2.45) is 0 Å². The first kappa shape index (κ1) is 27.1. The first-order valence-electron chi connectivity index (χ1n) is 10.1. The Kier molecular flexibility index (Phi) is 8.97.